The molecule has 5 aromatic rings. The molecule has 3 nitrogen and oxygen atoms in total. The van der Waals surface area contributed by atoms with Crippen LogP contribution in [0.4, 0.5) is 10.1 Å². The average Bonchev–Trinajstić information content (AvgIpc) is 3.29. The van der Waals surface area contributed by atoms with Crippen molar-refractivity contribution in [1.29, 1.82) is 0 Å². The maximum atomic E-state index is 13.5. The third-order valence-corrected chi connectivity index (χ3v) is 7.16. The third kappa shape index (κ3) is 3.86. The Morgan fingerprint density at radius 3 is 2.37 bits per heavy atom. The molecule has 5 heteroatoms. The first kappa shape index (κ1) is 21.8. The molecular weight excluding hydrogens is 453 g/mol. The highest BCUT2D eigenvalue weighted by Gasteiger charge is 2.28. The predicted octanol–water partition coefficient (Wildman–Crippen LogP) is 7.65. The number of aryl methyl sites for hydroxylation is 3. The van der Waals surface area contributed by atoms with Gasteiger partial charge in [0.05, 0.1) is 11.4 Å². The lowest BCUT2D eigenvalue weighted by Crippen LogP contribution is -2.14. The maximum Gasteiger partial charge on any atom is 0.128 e. The van der Waals surface area contributed by atoms with E-state index in [0.717, 1.165) is 42.8 Å². The molecule has 0 unspecified atom stereocenters. The van der Waals surface area contributed by atoms with Crippen molar-refractivity contribution >= 4 is 28.5 Å². The molecule has 2 aromatic heterocycles. The molecule has 0 saturated carbocycles. The van der Waals surface area contributed by atoms with Crippen LogP contribution in [0.5, 0.6) is 0 Å². The molecule has 1 N–H and O–H groups in total. The molecule has 0 spiro atoms. The molecule has 0 fully saturated rings. The number of anilines is 1. The van der Waals surface area contributed by atoms with E-state index in [1.54, 1.807) is 12.1 Å². The summed E-state index contributed by atoms with van der Waals surface area (Å²) in [5, 5.41) is 3.37. The summed E-state index contributed by atoms with van der Waals surface area (Å²) in [7, 11) is 0. The molecule has 3 aromatic carbocycles. The van der Waals surface area contributed by atoms with E-state index >= 15 is 0 Å². The molecule has 0 radical (unpaired) electrons. The van der Waals surface area contributed by atoms with Crippen molar-refractivity contribution in [3.63, 3.8) is 0 Å². The van der Waals surface area contributed by atoms with Gasteiger partial charge in [0.15, 0.2) is 0 Å². The van der Waals surface area contributed by atoms with Crippen molar-refractivity contribution in [3.05, 3.63) is 108 Å². The standard InChI is InChI=1S/C30H26FN3S/c1-20-10-12-21(13-11-20)26-19-34-28(29(35)32-24-16-14-23(31)15-17-24)27(22-7-3-2-4-8-22)25-9-5-6-18-33(26)30(25)34/h2-4,7-8,10-17,19H,5-6,9,18H2,1H3,(H,32,35). The van der Waals surface area contributed by atoms with Crippen molar-refractivity contribution in [3.8, 4) is 22.4 Å². The van der Waals surface area contributed by atoms with Gasteiger partial charge in [-0.3, -0.25) is 4.40 Å². The van der Waals surface area contributed by atoms with Crippen LogP contribution in [0, 0.1) is 12.7 Å². The van der Waals surface area contributed by atoms with Gasteiger partial charge in [0.25, 0.3) is 0 Å². The van der Waals surface area contributed by atoms with Crippen LogP contribution in [0.1, 0.15) is 29.7 Å². The molecule has 0 amide bonds. The molecule has 0 aliphatic carbocycles. The first-order valence-electron chi connectivity index (χ1n) is 12.1. The van der Waals surface area contributed by atoms with Gasteiger partial charge in [0, 0.05) is 29.6 Å². The van der Waals surface area contributed by atoms with Crippen LogP contribution in [0.25, 0.3) is 28.0 Å². The Bertz CT molecular complexity index is 1530. The smallest absolute Gasteiger partial charge is 0.128 e. The van der Waals surface area contributed by atoms with Gasteiger partial charge < -0.3 is 9.88 Å². The molecular formula is C30H26FN3S. The van der Waals surface area contributed by atoms with E-state index in [-0.39, 0.29) is 5.82 Å². The highest BCUT2D eigenvalue weighted by molar-refractivity contribution is 7.81. The minimum Gasteiger partial charge on any atom is -0.345 e. The SMILES string of the molecule is Cc1ccc(-c2cn3c(C(=S)Nc4ccc(F)cc4)c(-c4ccccc4)c4c3n2CCCC4)cc1. The van der Waals surface area contributed by atoms with E-state index in [1.165, 1.54) is 45.7 Å². The van der Waals surface area contributed by atoms with Crippen LogP contribution < -0.4 is 5.32 Å². The number of rotatable bonds is 4. The van der Waals surface area contributed by atoms with Crippen molar-refractivity contribution < 1.29 is 4.39 Å². The molecule has 35 heavy (non-hydrogen) atoms. The molecule has 0 bridgehead atoms. The van der Waals surface area contributed by atoms with Gasteiger partial charge in [0.2, 0.25) is 0 Å². The first-order valence-corrected chi connectivity index (χ1v) is 12.5. The fourth-order valence-corrected chi connectivity index (χ4v) is 5.52. The van der Waals surface area contributed by atoms with Gasteiger partial charge in [-0.05, 0) is 61.6 Å². The van der Waals surface area contributed by atoms with Crippen molar-refractivity contribution in [2.24, 2.45) is 0 Å². The van der Waals surface area contributed by atoms with Crippen LogP contribution in [0.15, 0.2) is 85.1 Å². The van der Waals surface area contributed by atoms with E-state index in [1.807, 2.05) is 6.07 Å². The van der Waals surface area contributed by atoms with E-state index < -0.39 is 0 Å². The fraction of sp³-hybridized carbons (Fsp3) is 0.167. The Balaban J connectivity index is 1.60. The van der Waals surface area contributed by atoms with Gasteiger partial charge in [-0.25, -0.2) is 4.39 Å². The molecule has 1 aliphatic rings. The normalized spacial score (nSPS) is 13.1. The third-order valence-electron chi connectivity index (χ3n) is 6.86. The molecule has 174 valence electrons. The van der Waals surface area contributed by atoms with Crippen LogP contribution >= 0.6 is 12.2 Å². The summed E-state index contributed by atoms with van der Waals surface area (Å²) in [6, 6.07) is 25.6. The first-order chi connectivity index (χ1) is 17.1. The van der Waals surface area contributed by atoms with Crippen LogP contribution in [0.2, 0.25) is 0 Å². The number of nitrogens with one attached hydrogen (secondary N) is 1. The van der Waals surface area contributed by atoms with Gasteiger partial charge in [-0.1, -0.05) is 72.4 Å². The van der Waals surface area contributed by atoms with Gasteiger partial charge in [0.1, 0.15) is 16.5 Å². The van der Waals surface area contributed by atoms with Gasteiger partial charge >= 0.3 is 0 Å². The summed E-state index contributed by atoms with van der Waals surface area (Å²) >= 11 is 6.02. The van der Waals surface area contributed by atoms with E-state index in [9.17, 15) is 4.39 Å². The number of thiocarbonyl (C=S) groups is 1. The van der Waals surface area contributed by atoms with Crippen LogP contribution in [0.3, 0.4) is 0 Å². The minimum atomic E-state index is -0.263. The number of nitrogens with zero attached hydrogens (tertiary/aromatic N) is 2. The van der Waals surface area contributed by atoms with E-state index in [4.69, 9.17) is 12.2 Å². The van der Waals surface area contributed by atoms with Crippen LogP contribution in [-0.4, -0.2) is 14.0 Å². The highest BCUT2D eigenvalue weighted by atomic mass is 32.1. The quantitative estimate of drug-likeness (QED) is 0.267. The molecule has 0 saturated heterocycles. The fourth-order valence-electron chi connectivity index (χ4n) is 5.20. The Hall–Kier alpha value is -3.70. The summed E-state index contributed by atoms with van der Waals surface area (Å²) in [4.78, 5) is 0.630. The second-order valence-electron chi connectivity index (χ2n) is 9.21. The zero-order chi connectivity index (χ0) is 23.9. The number of imidazole rings is 1. The van der Waals surface area contributed by atoms with E-state index in [0.29, 0.717) is 4.99 Å². The molecule has 0 atom stereocenters. The van der Waals surface area contributed by atoms with Crippen molar-refractivity contribution in [1.82, 2.24) is 8.97 Å². The maximum absolute atomic E-state index is 13.5. The monoisotopic (exact) mass is 479 g/mol. The zero-order valence-corrected chi connectivity index (χ0v) is 20.4. The average molecular weight is 480 g/mol. The number of hydrogen-bond acceptors (Lipinski definition) is 1. The summed E-state index contributed by atoms with van der Waals surface area (Å²) in [6.45, 7) is 3.09. The van der Waals surface area contributed by atoms with Crippen molar-refractivity contribution in [2.45, 2.75) is 32.7 Å². The summed E-state index contributed by atoms with van der Waals surface area (Å²) in [6.07, 6.45) is 5.51. The lowest BCUT2D eigenvalue weighted by atomic mass is 9.98. The summed E-state index contributed by atoms with van der Waals surface area (Å²) in [5.41, 5.74) is 10.3. The molecule has 3 heterocycles. The Kier molecular flexibility index (Phi) is 5.50. The Morgan fingerprint density at radius 1 is 0.886 bits per heavy atom. The number of halogens is 1. The van der Waals surface area contributed by atoms with Crippen LogP contribution in [-0.2, 0) is 13.0 Å². The van der Waals surface area contributed by atoms with Crippen molar-refractivity contribution in [2.75, 3.05) is 5.32 Å². The lowest BCUT2D eigenvalue weighted by Gasteiger charge is -2.12. The highest BCUT2D eigenvalue weighted by Crippen LogP contribution is 2.39. The van der Waals surface area contributed by atoms with Gasteiger partial charge in [-0.15, -0.1) is 0 Å². The summed E-state index contributed by atoms with van der Waals surface area (Å²) in [5.74, 6) is -0.263. The topological polar surface area (TPSA) is 21.4 Å². The zero-order valence-electron chi connectivity index (χ0n) is 19.6. The second-order valence-corrected chi connectivity index (χ2v) is 9.62. The van der Waals surface area contributed by atoms with E-state index in [2.05, 4.69) is 75.9 Å². The largest absolute Gasteiger partial charge is 0.345 e. The molecule has 6 rings (SSSR count). The Labute approximate surface area is 209 Å². The Morgan fingerprint density at radius 2 is 1.63 bits per heavy atom. The predicted molar refractivity (Wildman–Crippen MR) is 146 cm³/mol. The lowest BCUT2D eigenvalue weighted by molar-refractivity contribution is 0.628. The minimum absolute atomic E-state index is 0.263. The summed E-state index contributed by atoms with van der Waals surface area (Å²) < 4.78 is 18.2. The number of benzene rings is 3. The second kappa shape index (κ2) is 8.82. The number of aromatic nitrogens is 2. The number of hydrogen-bond donors (Lipinski definition) is 1. The molecule has 1 aliphatic heterocycles. The van der Waals surface area contributed by atoms with Gasteiger partial charge in [-0.2, -0.15) is 0 Å².